The zero-order valence-corrected chi connectivity index (χ0v) is 19.6. The molecule has 5 nitrogen and oxygen atoms in total. The molecule has 3 rings (SSSR count). The summed E-state index contributed by atoms with van der Waals surface area (Å²) in [6.45, 7) is 5.42. The third-order valence-corrected chi connectivity index (χ3v) is 6.32. The maximum atomic E-state index is 15.3. The van der Waals surface area contributed by atoms with Crippen molar-refractivity contribution < 1.29 is 23.5 Å². The minimum atomic E-state index is -2.09. The molecule has 33 heavy (non-hydrogen) atoms. The van der Waals surface area contributed by atoms with E-state index >= 15 is 8.78 Å². The minimum Gasteiger partial charge on any atom is -0.480 e. The van der Waals surface area contributed by atoms with Crippen molar-refractivity contribution in [1.29, 1.82) is 5.26 Å². The summed E-state index contributed by atoms with van der Waals surface area (Å²) >= 11 is 11.9. The Kier molecular flexibility index (Phi) is 6.86. The molecule has 2 aromatic carbocycles. The summed E-state index contributed by atoms with van der Waals surface area (Å²) in [5.74, 6) is -5.22. The smallest absolute Gasteiger partial charge is 0.321 e. The van der Waals surface area contributed by atoms with Crippen LogP contribution in [0.5, 0.6) is 0 Å². The third kappa shape index (κ3) is 4.48. The number of aliphatic carboxylic acids is 1. The fourth-order valence-corrected chi connectivity index (χ4v) is 4.90. The molecule has 2 aromatic rings. The van der Waals surface area contributed by atoms with Crippen molar-refractivity contribution in [3.63, 3.8) is 0 Å². The summed E-state index contributed by atoms with van der Waals surface area (Å²) in [6, 6.07) is 6.53. The Balaban J connectivity index is 2.38. The lowest BCUT2D eigenvalue weighted by molar-refractivity contribution is -0.139. The first-order valence-electron chi connectivity index (χ1n) is 10.2. The molecule has 1 fully saturated rings. The number of carboxylic acids is 1. The molecule has 1 saturated heterocycles. The van der Waals surface area contributed by atoms with Crippen LogP contribution in [-0.4, -0.2) is 28.9 Å². The number of nitrogens with one attached hydrogen (secondary N) is 1. The van der Waals surface area contributed by atoms with E-state index in [-0.39, 0.29) is 27.6 Å². The van der Waals surface area contributed by atoms with Crippen molar-refractivity contribution in [3.05, 3.63) is 69.2 Å². The molecule has 0 spiro atoms. The van der Waals surface area contributed by atoms with Gasteiger partial charge in [0.15, 0.2) is 5.78 Å². The molecule has 1 heterocycles. The van der Waals surface area contributed by atoms with Gasteiger partial charge in [0.2, 0.25) is 0 Å². The number of carbonyl (C=O) groups is 2. The molecule has 0 amide bonds. The Labute approximate surface area is 200 Å². The van der Waals surface area contributed by atoms with E-state index in [9.17, 15) is 20.0 Å². The number of ketones is 1. The number of nitriles is 1. The molecule has 0 unspecified atom stereocenters. The van der Waals surface area contributed by atoms with Gasteiger partial charge in [0.1, 0.15) is 23.1 Å². The van der Waals surface area contributed by atoms with E-state index in [0.717, 1.165) is 6.07 Å². The van der Waals surface area contributed by atoms with Gasteiger partial charge in [-0.05, 0) is 29.2 Å². The molecule has 0 aromatic heterocycles. The monoisotopic (exact) mass is 494 g/mol. The number of carboxylic acid groups (broad SMARTS) is 1. The molecular weight excluding hydrogens is 473 g/mol. The van der Waals surface area contributed by atoms with Crippen LogP contribution < -0.4 is 5.32 Å². The standard InChI is InChI=1S/C24H22Cl2F2N2O3/c1-23(2,3)10-17(31)21-24(11-29,14-8-7-12(25)9-16(14)27)18(20(30-21)22(32)33)13-5-4-6-15(26)19(13)28/h4-9,18,20-21,30H,10H2,1-3H3,(H,32,33)/t18-,20+,21+,24+/m0/s1. The molecular formula is C24H22Cl2F2N2O3. The van der Waals surface area contributed by atoms with Crippen LogP contribution in [0.3, 0.4) is 0 Å². The molecule has 1 aliphatic rings. The number of nitrogens with zero attached hydrogens (tertiary/aromatic N) is 1. The van der Waals surface area contributed by atoms with E-state index in [1.165, 1.54) is 30.3 Å². The number of Topliss-reactive ketones (excluding diaryl/α,β-unsaturated/α-hetero) is 1. The number of rotatable bonds is 5. The molecule has 174 valence electrons. The molecule has 0 bridgehead atoms. The Bertz CT molecular complexity index is 1160. The van der Waals surface area contributed by atoms with Gasteiger partial charge in [0, 0.05) is 22.9 Å². The quantitative estimate of drug-likeness (QED) is 0.592. The van der Waals surface area contributed by atoms with Crippen molar-refractivity contribution in [1.82, 2.24) is 5.32 Å². The van der Waals surface area contributed by atoms with Crippen LogP contribution in [0, 0.1) is 28.4 Å². The van der Waals surface area contributed by atoms with Gasteiger partial charge in [-0.3, -0.25) is 14.9 Å². The fourth-order valence-electron chi connectivity index (χ4n) is 4.56. The lowest BCUT2D eigenvalue weighted by atomic mass is 9.63. The van der Waals surface area contributed by atoms with Gasteiger partial charge in [-0.2, -0.15) is 5.26 Å². The molecule has 2 N–H and O–H groups in total. The van der Waals surface area contributed by atoms with Crippen molar-refractivity contribution >= 4 is 35.0 Å². The maximum absolute atomic E-state index is 15.3. The van der Waals surface area contributed by atoms with Gasteiger partial charge < -0.3 is 5.11 Å². The topological polar surface area (TPSA) is 90.2 Å². The average Bonchev–Trinajstić information content (AvgIpc) is 3.05. The highest BCUT2D eigenvalue weighted by atomic mass is 35.5. The highest BCUT2D eigenvalue weighted by molar-refractivity contribution is 6.31. The lowest BCUT2D eigenvalue weighted by Gasteiger charge is -2.35. The SMILES string of the molecule is CC(C)(C)CC(=O)[C@H]1N[C@@H](C(=O)O)[C@H](c2cccc(Cl)c2F)[C@@]1(C#N)c1ccc(Cl)cc1F. The largest absolute Gasteiger partial charge is 0.480 e. The van der Waals surface area contributed by atoms with Gasteiger partial charge in [-0.15, -0.1) is 0 Å². The van der Waals surface area contributed by atoms with E-state index in [0.29, 0.717) is 0 Å². The normalized spacial score (nSPS) is 25.0. The maximum Gasteiger partial charge on any atom is 0.321 e. The van der Waals surface area contributed by atoms with Crippen LogP contribution in [0.25, 0.3) is 0 Å². The highest BCUT2D eigenvalue weighted by Gasteiger charge is 2.63. The second-order valence-corrected chi connectivity index (χ2v) is 10.2. The van der Waals surface area contributed by atoms with Gasteiger partial charge in [-0.1, -0.05) is 62.2 Å². The van der Waals surface area contributed by atoms with E-state index < -0.39 is 52.2 Å². The van der Waals surface area contributed by atoms with Crippen molar-refractivity contribution in [3.8, 4) is 6.07 Å². The van der Waals surface area contributed by atoms with E-state index in [1.54, 1.807) is 20.8 Å². The van der Waals surface area contributed by atoms with Gasteiger partial charge >= 0.3 is 5.97 Å². The minimum absolute atomic E-state index is 0.0274. The number of hydrogen-bond donors (Lipinski definition) is 2. The van der Waals surface area contributed by atoms with Crippen molar-refractivity contribution in [2.24, 2.45) is 5.41 Å². The van der Waals surface area contributed by atoms with Gasteiger partial charge in [-0.25, -0.2) is 8.78 Å². The predicted octanol–water partition coefficient (Wildman–Crippen LogP) is 5.25. The molecule has 1 aliphatic heterocycles. The Morgan fingerprint density at radius 2 is 1.88 bits per heavy atom. The highest BCUT2D eigenvalue weighted by Crippen LogP contribution is 2.51. The zero-order chi connectivity index (χ0) is 24.7. The first-order valence-corrected chi connectivity index (χ1v) is 10.9. The van der Waals surface area contributed by atoms with E-state index in [4.69, 9.17) is 23.2 Å². The molecule has 0 aliphatic carbocycles. The zero-order valence-electron chi connectivity index (χ0n) is 18.1. The summed E-state index contributed by atoms with van der Waals surface area (Å²) in [7, 11) is 0. The number of carbonyl (C=O) groups excluding carboxylic acids is 1. The summed E-state index contributed by atoms with van der Waals surface area (Å²) in [6.07, 6.45) is -0.0274. The summed E-state index contributed by atoms with van der Waals surface area (Å²) in [5.41, 5.74) is -3.05. The summed E-state index contributed by atoms with van der Waals surface area (Å²) in [5, 5.41) is 22.9. The third-order valence-electron chi connectivity index (χ3n) is 5.80. The average molecular weight is 495 g/mol. The van der Waals surface area contributed by atoms with Crippen LogP contribution in [0.15, 0.2) is 36.4 Å². The van der Waals surface area contributed by atoms with E-state index in [2.05, 4.69) is 5.32 Å². The second kappa shape index (κ2) is 9.02. The van der Waals surface area contributed by atoms with Crippen LogP contribution in [-0.2, 0) is 15.0 Å². The van der Waals surface area contributed by atoms with Crippen LogP contribution >= 0.6 is 23.2 Å². The van der Waals surface area contributed by atoms with Crippen molar-refractivity contribution in [2.45, 2.75) is 50.6 Å². The summed E-state index contributed by atoms with van der Waals surface area (Å²) < 4.78 is 30.5. The van der Waals surface area contributed by atoms with Gasteiger partial charge in [0.05, 0.1) is 17.1 Å². The molecule has 0 radical (unpaired) electrons. The van der Waals surface area contributed by atoms with Crippen LogP contribution in [0.1, 0.15) is 44.2 Å². The molecule has 0 saturated carbocycles. The summed E-state index contributed by atoms with van der Waals surface area (Å²) in [4.78, 5) is 25.7. The first kappa shape index (κ1) is 25.1. The van der Waals surface area contributed by atoms with Crippen molar-refractivity contribution in [2.75, 3.05) is 0 Å². The van der Waals surface area contributed by atoms with Crippen LogP contribution in [0.2, 0.25) is 10.0 Å². The Morgan fingerprint density at radius 1 is 1.21 bits per heavy atom. The number of benzene rings is 2. The van der Waals surface area contributed by atoms with Gasteiger partial charge in [0.25, 0.3) is 0 Å². The number of halogens is 4. The second-order valence-electron chi connectivity index (χ2n) is 9.35. The fraction of sp³-hybridized carbons (Fsp3) is 0.375. The molecule has 4 atom stereocenters. The van der Waals surface area contributed by atoms with Crippen LogP contribution in [0.4, 0.5) is 8.78 Å². The van der Waals surface area contributed by atoms with E-state index in [1.807, 2.05) is 6.07 Å². The number of hydrogen-bond acceptors (Lipinski definition) is 4. The Hall–Kier alpha value is -2.53. The predicted molar refractivity (Wildman–Crippen MR) is 120 cm³/mol. The lowest BCUT2D eigenvalue weighted by Crippen LogP contribution is -2.49. The molecule has 9 heteroatoms. The Morgan fingerprint density at radius 3 is 2.42 bits per heavy atom. The first-order chi connectivity index (χ1) is 15.3.